The van der Waals surface area contributed by atoms with E-state index in [9.17, 15) is 14.7 Å². The van der Waals surface area contributed by atoms with Crippen LogP contribution >= 0.6 is 0 Å². The number of rotatable bonds is 6. The second kappa shape index (κ2) is 7.65. The Kier molecular flexibility index (Phi) is 5.95. The van der Waals surface area contributed by atoms with Gasteiger partial charge in [-0.1, -0.05) is 6.92 Å². The van der Waals surface area contributed by atoms with E-state index in [1.165, 1.54) is 0 Å². The molecule has 0 aromatic carbocycles. The standard InChI is InChI=1S/C18H30N4O4/c1-6-13-10-14(22(7-2)20-13)11-21-9-8-18(12-21,15(23)24)19-16(25)26-17(3,4)5/h10H,6-9,11-12H2,1-5H3,(H,19,25)(H,23,24). The van der Waals surface area contributed by atoms with Gasteiger partial charge in [0.2, 0.25) is 0 Å². The van der Waals surface area contributed by atoms with E-state index in [1.807, 2.05) is 16.5 Å². The van der Waals surface area contributed by atoms with Crippen LogP contribution in [0.3, 0.4) is 0 Å². The lowest BCUT2D eigenvalue weighted by Gasteiger charge is -2.28. The highest BCUT2D eigenvalue weighted by Gasteiger charge is 2.47. The smallest absolute Gasteiger partial charge is 0.408 e. The Labute approximate surface area is 154 Å². The zero-order chi connectivity index (χ0) is 19.5. The molecule has 1 fully saturated rings. The molecule has 0 aliphatic carbocycles. The number of aromatic nitrogens is 2. The fourth-order valence-electron chi connectivity index (χ4n) is 3.17. The summed E-state index contributed by atoms with van der Waals surface area (Å²) in [6.07, 6.45) is 0.496. The fourth-order valence-corrected chi connectivity index (χ4v) is 3.17. The predicted molar refractivity (Wildman–Crippen MR) is 96.9 cm³/mol. The summed E-state index contributed by atoms with van der Waals surface area (Å²) >= 11 is 0. The first-order chi connectivity index (χ1) is 12.1. The number of carbonyl (C=O) groups is 2. The third-order valence-corrected chi connectivity index (χ3v) is 4.46. The molecule has 1 aliphatic rings. The van der Waals surface area contributed by atoms with Gasteiger partial charge in [0.15, 0.2) is 5.54 Å². The van der Waals surface area contributed by atoms with Crippen molar-refractivity contribution in [1.82, 2.24) is 20.0 Å². The fraction of sp³-hybridized carbons (Fsp3) is 0.722. The van der Waals surface area contributed by atoms with Crippen molar-refractivity contribution in [2.24, 2.45) is 0 Å². The number of carboxylic acid groups (broad SMARTS) is 1. The largest absolute Gasteiger partial charge is 0.479 e. The normalized spacial score (nSPS) is 21.0. The molecule has 0 spiro atoms. The Morgan fingerprint density at radius 3 is 2.62 bits per heavy atom. The minimum absolute atomic E-state index is 0.234. The van der Waals surface area contributed by atoms with Gasteiger partial charge in [-0.05, 0) is 46.6 Å². The number of nitrogens with zero attached hydrogens (tertiary/aromatic N) is 3. The number of aliphatic carboxylic acids is 1. The Bertz CT molecular complexity index is 665. The molecule has 0 saturated carbocycles. The molecule has 1 aromatic heterocycles. The van der Waals surface area contributed by atoms with E-state index < -0.39 is 23.2 Å². The highest BCUT2D eigenvalue weighted by molar-refractivity contribution is 5.85. The minimum atomic E-state index is -1.33. The molecule has 8 heteroatoms. The van der Waals surface area contributed by atoms with Crippen LogP contribution in [0, 0.1) is 0 Å². The second-order valence-corrected chi connectivity index (χ2v) is 7.77. The van der Waals surface area contributed by atoms with Crippen molar-refractivity contribution in [3.63, 3.8) is 0 Å². The maximum Gasteiger partial charge on any atom is 0.408 e. The first-order valence-corrected chi connectivity index (χ1v) is 9.11. The Morgan fingerprint density at radius 2 is 2.08 bits per heavy atom. The number of hydrogen-bond acceptors (Lipinski definition) is 5. The molecule has 0 bridgehead atoms. The summed E-state index contributed by atoms with van der Waals surface area (Å²) < 4.78 is 7.18. The average molecular weight is 366 g/mol. The van der Waals surface area contributed by atoms with Crippen LogP contribution in [-0.2, 0) is 29.0 Å². The summed E-state index contributed by atoms with van der Waals surface area (Å²) in [7, 11) is 0. The van der Waals surface area contributed by atoms with Gasteiger partial charge in [-0.2, -0.15) is 5.10 Å². The van der Waals surface area contributed by atoms with Crippen LogP contribution < -0.4 is 5.32 Å². The van der Waals surface area contributed by atoms with Crippen molar-refractivity contribution in [3.05, 3.63) is 17.5 Å². The molecule has 1 atom stereocenters. The van der Waals surface area contributed by atoms with Gasteiger partial charge < -0.3 is 15.2 Å². The molecule has 2 N–H and O–H groups in total. The van der Waals surface area contributed by atoms with Gasteiger partial charge >= 0.3 is 12.1 Å². The maximum absolute atomic E-state index is 12.1. The van der Waals surface area contributed by atoms with E-state index in [-0.39, 0.29) is 6.54 Å². The minimum Gasteiger partial charge on any atom is -0.479 e. The molecule has 1 aromatic rings. The van der Waals surface area contributed by atoms with Crippen LogP contribution in [0.4, 0.5) is 4.79 Å². The summed E-state index contributed by atoms with van der Waals surface area (Å²) in [5, 5.41) is 16.8. The molecular formula is C18H30N4O4. The molecule has 2 rings (SSSR count). The van der Waals surface area contributed by atoms with Crippen molar-refractivity contribution < 1.29 is 19.4 Å². The van der Waals surface area contributed by atoms with Crippen LogP contribution in [0.25, 0.3) is 0 Å². The lowest BCUT2D eigenvalue weighted by molar-refractivity contribution is -0.144. The van der Waals surface area contributed by atoms with E-state index in [1.54, 1.807) is 20.8 Å². The summed E-state index contributed by atoms with van der Waals surface area (Å²) in [5.41, 5.74) is 0.0828. The zero-order valence-electron chi connectivity index (χ0n) is 16.3. The quantitative estimate of drug-likeness (QED) is 0.799. The van der Waals surface area contributed by atoms with Gasteiger partial charge in [0.1, 0.15) is 5.60 Å². The Balaban J connectivity index is 2.08. The summed E-state index contributed by atoms with van der Waals surface area (Å²) in [4.78, 5) is 26.0. The van der Waals surface area contributed by atoms with Crippen LogP contribution in [0.15, 0.2) is 6.07 Å². The molecular weight excluding hydrogens is 336 g/mol. The number of ether oxygens (including phenoxy) is 1. The van der Waals surface area contributed by atoms with Gasteiger partial charge in [-0.15, -0.1) is 0 Å². The third-order valence-electron chi connectivity index (χ3n) is 4.46. The van der Waals surface area contributed by atoms with E-state index in [0.717, 1.165) is 24.4 Å². The lowest BCUT2D eigenvalue weighted by Crippen LogP contribution is -2.57. The second-order valence-electron chi connectivity index (χ2n) is 7.77. The molecule has 1 unspecified atom stereocenters. The van der Waals surface area contributed by atoms with Crippen molar-refractivity contribution in [3.8, 4) is 0 Å². The van der Waals surface area contributed by atoms with Crippen LogP contribution in [-0.4, -0.2) is 56.1 Å². The number of nitrogens with one attached hydrogen (secondary N) is 1. The highest BCUT2D eigenvalue weighted by Crippen LogP contribution is 2.25. The number of carbonyl (C=O) groups excluding carboxylic acids is 1. The monoisotopic (exact) mass is 366 g/mol. The van der Waals surface area contributed by atoms with Gasteiger partial charge in [0.05, 0.1) is 11.4 Å². The molecule has 1 saturated heterocycles. The van der Waals surface area contributed by atoms with Gasteiger partial charge in [0, 0.05) is 26.2 Å². The predicted octanol–water partition coefficient (Wildman–Crippen LogP) is 2.02. The number of aryl methyl sites for hydroxylation is 2. The van der Waals surface area contributed by atoms with E-state index in [2.05, 4.69) is 23.4 Å². The maximum atomic E-state index is 12.1. The SMILES string of the molecule is CCc1cc(CN2CCC(NC(=O)OC(C)(C)C)(C(=O)O)C2)n(CC)n1. The van der Waals surface area contributed by atoms with Crippen molar-refractivity contribution >= 4 is 12.1 Å². The molecule has 26 heavy (non-hydrogen) atoms. The topological polar surface area (TPSA) is 96.7 Å². The molecule has 8 nitrogen and oxygen atoms in total. The Hall–Kier alpha value is -2.09. The van der Waals surface area contributed by atoms with E-state index >= 15 is 0 Å². The number of amides is 1. The van der Waals surface area contributed by atoms with Gasteiger partial charge in [-0.3, -0.25) is 9.58 Å². The summed E-state index contributed by atoms with van der Waals surface area (Å²) in [6.45, 7) is 11.5. The number of alkyl carbamates (subject to hydrolysis) is 1. The Morgan fingerprint density at radius 1 is 1.38 bits per heavy atom. The first-order valence-electron chi connectivity index (χ1n) is 9.11. The molecule has 146 valence electrons. The summed E-state index contributed by atoms with van der Waals surface area (Å²) in [5.74, 6) is -1.04. The van der Waals surface area contributed by atoms with Crippen molar-refractivity contribution in [2.75, 3.05) is 13.1 Å². The van der Waals surface area contributed by atoms with Gasteiger partial charge in [-0.25, -0.2) is 9.59 Å². The van der Waals surface area contributed by atoms with Crippen LogP contribution in [0.5, 0.6) is 0 Å². The van der Waals surface area contributed by atoms with E-state index in [4.69, 9.17) is 4.74 Å². The highest BCUT2D eigenvalue weighted by atomic mass is 16.6. The van der Waals surface area contributed by atoms with Crippen LogP contribution in [0.1, 0.15) is 52.4 Å². The lowest BCUT2D eigenvalue weighted by atomic mass is 9.99. The van der Waals surface area contributed by atoms with Gasteiger partial charge in [0.25, 0.3) is 0 Å². The number of likely N-dealkylation sites (tertiary alicyclic amines) is 1. The number of carboxylic acids is 1. The number of hydrogen-bond donors (Lipinski definition) is 2. The molecule has 1 amide bonds. The van der Waals surface area contributed by atoms with Crippen LogP contribution in [0.2, 0.25) is 0 Å². The molecule has 2 heterocycles. The van der Waals surface area contributed by atoms with E-state index in [0.29, 0.717) is 19.5 Å². The van der Waals surface area contributed by atoms with Crippen molar-refractivity contribution in [2.45, 2.75) is 71.7 Å². The average Bonchev–Trinajstić information content (AvgIpc) is 3.10. The van der Waals surface area contributed by atoms with Crippen molar-refractivity contribution in [1.29, 1.82) is 0 Å². The third kappa shape index (κ3) is 4.75. The molecule has 1 aliphatic heterocycles. The molecule has 0 radical (unpaired) electrons. The zero-order valence-corrected chi connectivity index (χ0v) is 16.3. The summed E-state index contributed by atoms with van der Waals surface area (Å²) in [6, 6.07) is 2.06. The first kappa shape index (κ1) is 20.2.